The minimum Gasteiger partial charge on any atom is -0.493 e. The van der Waals surface area contributed by atoms with Crippen LogP contribution in [0, 0.1) is 23.7 Å². The lowest BCUT2D eigenvalue weighted by Gasteiger charge is -2.20. The fourth-order valence-corrected chi connectivity index (χ4v) is 5.64. The predicted molar refractivity (Wildman–Crippen MR) is 129 cm³/mol. The topological polar surface area (TPSA) is 111 Å². The number of ketones is 1. The van der Waals surface area contributed by atoms with Gasteiger partial charge in [0.25, 0.3) is 5.56 Å². The van der Waals surface area contributed by atoms with E-state index in [-0.39, 0.29) is 23.8 Å². The SMILES string of the molecule is O=C(c1ccc(OCC2CCCC2)cc1)C1CCC(Cn2nnc3ccccc3c2=O)C1C(=O)O. The summed E-state index contributed by atoms with van der Waals surface area (Å²) < 4.78 is 7.11. The summed E-state index contributed by atoms with van der Waals surface area (Å²) in [5.41, 5.74) is 0.680. The van der Waals surface area contributed by atoms with E-state index in [2.05, 4.69) is 10.3 Å². The Bertz CT molecular complexity index is 1280. The van der Waals surface area contributed by atoms with Crippen molar-refractivity contribution in [3.05, 3.63) is 64.4 Å². The zero-order chi connectivity index (χ0) is 24.4. The Kier molecular flexibility index (Phi) is 6.61. The van der Waals surface area contributed by atoms with E-state index in [1.165, 1.54) is 30.4 Å². The number of carboxylic acids is 1. The van der Waals surface area contributed by atoms with Crippen molar-refractivity contribution >= 4 is 22.7 Å². The van der Waals surface area contributed by atoms with Crippen molar-refractivity contribution < 1.29 is 19.4 Å². The molecule has 0 radical (unpaired) electrons. The molecule has 8 nitrogen and oxygen atoms in total. The fraction of sp³-hybridized carbons (Fsp3) is 0.444. The molecule has 2 aliphatic rings. The molecule has 182 valence electrons. The Labute approximate surface area is 202 Å². The summed E-state index contributed by atoms with van der Waals surface area (Å²) in [6.45, 7) is 0.807. The van der Waals surface area contributed by atoms with Crippen LogP contribution in [0.15, 0.2) is 53.3 Å². The number of aliphatic carboxylic acids is 1. The highest BCUT2D eigenvalue weighted by atomic mass is 16.5. The van der Waals surface area contributed by atoms with Crippen LogP contribution in [0.2, 0.25) is 0 Å². The summed E-state index contributed by atoms with van der Waals surface area (Å²) in [5, 5.41) is 18.5. The molecular weight excluding hydrogens is 446 g/mol. The molecule has 2 aliphatic carbocycles. The number of Topliss-reactive ketones (excluding diaryl/α,β-unsaturated/α-hetero) is 1. The standard InChI is InChI=1S/C27H29N3O5/c31-25(18-9-12-20(13-10-18)35-16-17-5-1-2-6-17)22-14-11-19(24(22)27(33)34)15-30-26(32)21-7-3-4-8-23(21)28-29-30/h3-4,7-10,12-13,17,19,22,24H,1-2,5-6,11,14-16H2,(H,33,34). The monoisotopic (exact) mass is 475 g/mol. The second-order valence-electron chi connectivity index (χ2n) is 9.75. The smallest absolute Gasteiger partial charge is 0.307 e. The van der Waals surface area contributed by atoms with Crippen LogP contribution in [0.5, 0.6) is 5.75 Å². The lowest BCUT2D eigenvalue weighted by molar-refractivity contribution is -0.144. The van der Waals surface area contributed by atoms with Crippen molar-refractivity contribution in [2.24, 2.45) is 23.7 Å². The average molecular weight is 476 g/mol. The van der Waals surface area contributed by atoms with E-state index < -0.39 is 17.8 Å². The third-order valence-corrected chi connectivity index (χ3v) is 7.55. The van der Waals surface area contributed by atoms with Gasteiger partial charge in [-0.3, -0.25) is 14.4 Å². The lowest BCUT2D eigenvalue weighted by Crippen LogP contribution is -2.34. The maximum Gasteiger partial charge on any atom is 0.307 e. The van der Waals surface area contributed by atoms with Gasteiger partial charge < -0.3 is 9.84 Å². The third-order valence-electron chi connectivity index (χ3n) is 7.55. The van der Waals surface area contributed by atoms with Gasteiger partial charge in [-0.1, -0.05) is 30.2 Å². The minimum absolute atomic E-state index is 0.116. The summed E-state index contributed by atoms with van der Waals surface area (Å²) in [5.74, 6) is -1.80. The van der Waals surface area contributed by atoms with Gasteiger partial charge in [0.05, 0.1) is 24.5 Å². The molecule has 1 aromatic heterocycles. The molecule has 2 aromatic carbocycles. The second kappa shape index (κ2) is 9.98. The molecule has 8 heteroatoms. The van der Waals surface area contributed by atoms with Crippen LogP contribution in [-0.4, -0.2) is 38.5 Å². The number of rotatable bonds is 8. The van der Waals surface area contributed by atoms with Crippen LogP contribution >= 0.6 is 0 Å². The largest absolute Gasteiger partial charge is 0.493 e. The molecule has 0 bridgehead atoms. The highest BCUT2D eigenvalue weighted by Crippen LogP contribution is 2.40. The molecule has 3 aromatic rings. The van der Waals surface area contributed by atoms with E-state index in [0.29, 0.717) is 41.8 Å². The van der Waals surface area contributed by atoms with Gasteiger partial charge in [-0.25, -0.2) is 4.68 Å². The Morgan fingerprint density at radius 2 is 1.74 bits per heavy atom. The number of carbonyl (C=O) groups excluding carboxylic acids is 1. The Balaban J connectivity index is 1.29. The van der Waals surface area contributed by atoms with Crippen molar-refractivity contribution in [3.63, 3.8) is 0 Å². The number of benzene rings is 2. The first-order chi connectivity index (χ1) is 17.0. The van der Waals surface area contributed by atoms with Gasteiger partial charge in [0, 0.05) is 11.5 Å². The molecule has 0 aliphatic heterocycles. The van der Waals surface area contributed by atoms with Crippen LogP contribution in [0.3, 0.4) is 0 Å². The van der Waals surface area contributed by atoms with Gasteiger partial charge in [0.15, 0.2) is 5.78 Å². The van der Waals surface area contributed by atoms with E-state index in [1.54, 1.807) is 48.5 Å². The first kappa shape index (κ1) is 23.2. The maximum absolute atomic E-state index is 13.3. The molecule has 0 spiro atoms. The summed E-state index contributed by atoms with van der Waals surface area (Å²) in [4.78, 5) is 38.3. The molecular formula is C27H29N3O5. The first-order valence-corrected chi connectivity index (χ1v) is 12.3. The van der Waals surface area contributed by atoms with E-state index in [0.717, 1.165) is 5.75 Å². The Morgan fingerprint density at radius 3 is 2.49 bits per heavy atom. The highest BCUT2D eigenvalue weighted by Gasteiger charge is 2.45. The molecule has 0 amide bonds. The Hall–Kier alpha value is -3.55. The summed E-state index contributed by atoms with van der Waals surface area (Å²) in [7, 11) is 0. The van der Waals surface area contributed by atoms with Crippen molar-refractivity contribution in [1.82, 2.24) is 15.0 Å². The van der Waals surface area contributed by atoms with Gasteiger partial charge >= 0.3 is 5.97 Å². The molecule has 3 atom stereocenters. The van der Waals surface area contributed by atoms with Gasteiger partial charge in [-0.05, 0) is 73.9 Å². The van der Waals surface area contributed by atoms with Crippen LogP contribution < -0.4 is 10.3 Å². The van der Waals surface area contributed by atoms with Crippen LogP contribution in [-0.2, 0) is 11.3 Å². The predicted octanol–water partition coefficient (Wildman–Crippen LogP) is 3.97. The minimum atomic E-state index is -1.02. The highest BCUT2D eigenvalue weighted by molar-refractivity contribution is 6.00. The Morgan fingerprint density at radius 1 is 1.00 bits per heavy atom. The van der Waals surface area contributed by atoms with Crippen molar-refractivity contribution in [1.29, 1.82) is 0 Å². The number of hydrogen-bond donors (Lipinski definition) is 1. The maximum atomic E-state index is 13.3. The third kappa shape index (κ3) is 4.83. The van der Waals surface area contributed by atoms with Crippen LogP contribution in [0.25, 0.3) is 10.9 Å². The molecule has 35 heavy (non-hydrogen) atoms. The molecule has 2 saturated carbocycles. The van der Waals surface area contributed by atoms with E-state index in [1.807, 2.05) is 0 Å². The summed E-state index contributed by atoms with van der Waals surface area (Å²) in [6.07, 6.45) is 5.90. The zero-order valence-corrected chi connectivity index (χ0v) is 19.5. The molecule has 5 rings (SSSR count). The average Bonchev–Trinajstić information content (AvgIpc) is 3.55. The van der Waals surface area contributed by atoms with Gasteiger partial charge in [0.1, 0.15) is 11.3 Å². The van der Waals surface area contributed by atoms with E-state index in [9.17, 15) is 19.5 Å². The molecule has 1 heterocycles. The molecule has 2 fully saturated rings. The number of carboxylic acid groups (broad SMARTS) is 1. The van der Waals surface area contributed by atoms with Crippen molar-refractivity contribution in [2.45, 2.75) is 45.1 Å². The number of nitrogens with zero attached hydrogens (tertiary/aromatic N) is 3. The van der Waals surface area contributed by atoms with Crippen molar-refractivity contribution in [3.8, 4) is 5.75 Å². The zero-order valence-electron chi connectivity index (χ0n) is 19.5. The number of hydrogen-bond acceptors (Lipinski definition) is 6. The van der Waals surface area contributed by atoms with Gasteiger partial charge in [0.2, 0.25) is 0 Å². The quantitative estimate of drug-likeness (QED) is 0.491. The summed E-state index contributed by atoms with van der Waals surface area (Å²) in [6, 6.07) is 13.9. The van der Waals surface area contributed by atoms with Gasteiger partial charge in [-0.15, -0.1) is 5.10 Å². The van der Waals surface area contributed by atoms with Crippen LogP contribution in [0.4, 0.5) is 0 Å². The number of ether oxygens (including phenoxy) is 1. The van der Waals surface area contributed by atoms with Gasteiger partial charge in [-0.2, -0.15) is 0 Å². The first-order valence-electron chi connectivity index (χ1n) is 12.3. The number of aromatic nitrogens is 3. The summed E-state index contributed by atoms with van der Waals surface area (Å²) >= 11 is 0. The normalized spacial score (nSPS) is 22.5. The molecule has 0 saturated heterocycles. The fourth-order valence-electron chi connectivity index (χ4n) is 5.64. The van der Waals surface area contributed by atoms with Crippen molar-refractivity contribution in [2.75, 3.05) is 6.61 Å². The lowest BCUT2D eigenvalue weighted by atomic mass is 9.84. The van der Waals surface area contributed by atoms with E-state index in [4.69, 9.17) is 4.74 Å². The molecule has 1 N–H and O–H groups in total. The van der Waals surface area contributed by atoms with Crippen LogP contribution in [0.1, 0.15) is 48.9 Å². The second-order valence-corrected chi connectivity index (χ2v) is 9.75. The number of carbonyl (C=O) groups is 2. The molecule has 3 unspecified atom stereocenters. The number of fused-ring (bicyclic) bond motifs is 1. The van der Waals surface area contributed by atoms with E-state index >= 15 is 0 Å².